The van der Waals surface area contributed by atoms with Gasteiger partial charge in [-0.3, -0.25) is 4.79 Å². The minimum absolute atomic E-state index is 0.0680. The van der Waals surface area contributed by atoms with E-state index in [1.54, 1.807) is 30.0 Å². The maximum atomic E-state index is 12.0. The lowest BCUT2D eigenvalue weighted by Gasteiger charge is -2.20. The molecule has 0 spiro atoms. The van der Waals surface area contributed by atoms with Crippen molar-refractivity contribution in [3.05, 3.63) is 35.4 Å². The van der Waals surface area contributed by atoms with E-state index in [9.17, 15) is 9.59 Å². The fraction of sp³-hybridized carbons (Fsp3) is 0.467. The van der Waals surface area contributed by atoms with Gasteiger partial charge in [0.05, 0.1) is 10.8 Å². The van der Waals surface area contributed by atoms with E-state index in [1.165, 1.54) is 6.42 Å². The summed E-state index contributed by atoms with van der Waals surface area (Å²) in [6.45, 7) is 0.486. The number of rotatable bonds is 5. The summed E-state index contributed by atoms with van der Waals surface area (Å²) in [4.78, 5) is 23.0. The monoisotopic (exact) mass is 293 g/mol. The van der Waals surface area contributed by atoms with Crippen LogP contribution < -0.4 is 5.32 Å². The minimum Gasteiger partial charge on any atom is -0.478 e. The minimum atomic E-state index is -0.922. The Morgan fingerprint density at radius 3 is 2.80 bits per heavy atom. The van der Waals surface area contributed by atoms with Crippen LogP contribution >= 0.6 is 11.8 Å². The van der Waals surface area contributed by atoms with E-state index in [4.69, 9.17) is 5.11 Å². The van der Waals surface area contributed by atoms with Gasteiger partial charge in [-0.05, 0) is 36.6 Å². The standard InChI is InChI=1S/C15H19NO3S/c17-14(13-7-3-4-10-20-13)16-9-8-11-5-1-2-6-12(11)15(18)19/h1-2,5-6,13H,3-4,7-10H2,(H,16,17)(H,18,19). The van der Waals surface area contributed by atoms with Crippen LogP contribution in [0.1, 0.15) is 35.2 Å². The molecule has 1 amide bonds. The highest BCUT2D eigenvalue weighted by molar-refractivity contribution is 8.00. The smallest absolute Gasteiger partial charge is 0.335 e. The summed E-state index contributed by atoms with van der Waals surface area (Å²) in [7, 11) is 0. The van der Waals surface area contributed by atoms with E-state index in [-0.39, 0.29) is 11.2 Å². The van der Waals surface area contributed by atoms with Crippen LogP contribution in [0.2, 0.25) is 0 Å². The lowest BCUT2D eigenvalue weighted by Crippen LogP contribution is -2.35. The number of hydrogen-bond donors (Lipinski definition) is 2. The third-order valence-electron chi connectivity index (χ3n) is 3.41. The second-order valence-corrected chi connectivity index (χ2v) is 6.17. The summed E-state index contributed by atoms with van der Waals surface area (Å²) in [5, 5.41) is 12.1. The molecule has 1 heterocycles. The average molecular weight is 293 g/mol. The molecule has 0 bridgehead atoms. The Hall–Kier alpha value is -1.49. The Morgan fingerprint density at radius 2 is 2.10 bits per heavy atom. The molecule has 108 valence electrons. The summed E-state index contributed by atoms with van der Waals surface area (Å²) in [5.74, 6) is 0.220. The molecule has 1 aromatic rings. The van der Waals surface area contributed by atoms with Gasteiger partial charge < -0.3 is 10.4 Å². The number of benzene rings is 1. The molecule has 1 atom stereocenters. The number of aromatic carboxylic acids is 1. The third-order valence-corrected chi connectivity index (χ3v) is 4.79. The van der Waals surface area contributed by atoms with Crippen molar-refractivity contribution in [2.24, 2.45) is 0 Å². The predicted octanol–water partition coefficient (Wildman–Crippen LogP) is 2.33. The lowest BCUT2D eigenvalue weighted by molar-refractivity contribution is -0.120. The van der Waals surface area contributed by atoms with Crippen LogP contribution in [0.3, 0.4) is 0 Å². The Balaban J connectivity index is 1.83. The second kappa shape index (κ2) is 7.33. The summed E-state index contributed by atoms with van der Waals surface area (Å²) < 4.78 is 0. The van der Waals surface area contributed by atoms with Crippen molar-refractivity contribution < 1.29 is 14.7 Å². The Morgan fingerprint density at radius 1 is 1.30 bits per heavy atom. The highest BCUT2D eigenvalue weighted by atomic mass is 32.2. The molecule has 1 saturated heterocycles. The fourth-order valence-electron chi connectivity index (χ4n) is 2.33. The van der Waals surface area contributed by atoms with Crippen LogP contribution in [-0.4, -0.2) is 34.5 Å². The van der Waals surface area contributed by atoms with E-state index >= 15 is 0 Å². The number of hydrogen-bond acceptors (Lipinski definition) is 3. The molecule has 0 aliphatic carbocycles. The number of carbonyl (C=O) groups is 2. The molecule has 1 fully saturated rings. The van der Waals surface area contributed by atoms with Gasteiger partial charge in [-0.2, -0.15) is 0 Å². The van der Waals surface area contributed by atoms with Crippen molar-refractivity contribution in [3.8, 4) is 0 Å². The summed E-state index contributed by atoms with van der Waals surface area (Å²) in [6.07, 6.45) is 3.81. The van der Waals surface area contributed by atoms with Crippen molar-refractivity contribution in [1.29, 1.82) is 0 Å². The molecule has 20 heavy (non-hydrogen) atoms. The van der Waals surface area contributed by atoms with Crippen molar-refractivity contribution in [1.82, 2.24) is 5.32 Å². The zero-order valence-electron chi connectivity index (χ0n) is 11.3. The molecule has 2 N–H and O–H groups in total. The maximum absolute atomic E-state index is 12.0. The molecule has 1 aromatic carbocycles. The SMILES string of the molecule is O=C(O)c1ccccc1CCNC(=O)C1CCCCS1. The van der Waals surface area contributed by atoms with Crippen LogP contribution in [0.25, 0.3) is 0 Å². The Kier molecular flexibility index (Phi) is 5.47. The van der Waals surface area contributed by atoms with E-state index in [1.807, 2.05) is 6.07 Å². The van der Waals surface area contributed by atoms with E-state index in [0.717, 1.165) is 24.2 Å². The zero-order valence-corrected chi connectivity index (χ0v) is 12.1. The molecule has 5 heteroatoms. The summed E-state index contributed by atoms with van der Waals surface area (Å²) >= 11 is 1.72. The van der Waals surface area contributed by atoms with Gasteiger partial charge in [0.25, 0.3) is 0 Å². The number of carboxylic acids is 1. The number of carbonyl (C=O) groups excluding carboxylic acids is 1. The normalized spacial score (nSPS) is 18.5. The highest BCUT2D eigenvalue weighted by Gasteiger charge is 2.21. The largest absolute Gasteiger partial charge is 0.478 e. The van der Waals surface area contributed by atoms with Crippen LogP contribution in [0.15, 0.2) is 24.3 Å². The quantitative estimate of drug-likeness (QED) is 0.874. The second-order valence-electron chi connectivity index (χ2n) is 4.86. The van der Waals surface area contributed by atoms with Crippen molar-refractivity contribution in [2.75, 3.05) is 12.3 Å². The molecule has 0 radical (unpaired) electrons. The molecule has 0 saturated carbocycles. The van der Waals surface area contributed by atoms with E-state index in [0.29, 0.717) is 18.5 Å². The first kappa shape index (κ1) is 14.9. The molecule has 4 nitrogen and oxygen atoms in total. The van der Waals surface area contributed by atoms with Gasteiger partial charge in [0, 0.05) is 6.54 Å². The van der Waals surface area contributed by atoms with Crippen LogP contribution in [-0.2, 0) is 11.2 Å². The molecule has 0 aromatic heterocycles. The van der Waals surface area contributed by atoms with Gasteiger partial charge in [0.15, 0.2) is 0 Å². The number of nitrogens with one attached hydrogen (secondary N) is 1. The molecule has 1 aliphatic heterocycles. The first-order chi connectivity index (χ1) is 9.68. The number of thioether (sulfide) groups is 1. The third kappa shape index (κ3) is 4.00. The van der Waals surface area contributed by atoms with Gasteiger partial charge >= 0.3 is 5.97 Å². The van der Waals surface area contributed by atoms with Crippen LogP contribution in [0, 0.1) is 0 Å². The molecule has 1 unspecified atom stereocenters. The van der Waals surface area contributed by atoms with Gasteiger partial charge in [-0.25, -0.2) is 4.79 Å². The average Bonchev–Trinajstić information content (AvgIpc) is 2.48. The predicted molar refractivity (Wildman–Crippen MR) is 80.2 cm³/mol. The fourth-order valence-corrected chi connectivity index (χ4v) is 3.55. The summed E-state index contributed by atoms with van der Waals surface area (Å²) in [6, 6.07) is 6.92. The zero-order chi connectivity index (χ0) is 14.4. The van der Waals surface area contributed by atoms with Gasteiger partial charge in [-0.1, -0.05) is 24.6 Å². The van der Waals surface area contributed by atoms with Crippen LogP contribution in [0.5, 0.6) is 0 Å². The lowest BCUT2D eigenvalue weighted by atomic mass is 10.0. The van der Waals surface area contributed by atoms with E-state index < -0.39 is 5.97 Å². The molecular weight excluding hydrogens is 274 g/mol. The Bertz CT molecular complexity index is 484. The first-order valence-corrected chi connectivity index (χ1v) is 7.94. The molecule has 2 rings (SSSR count). The maximum Gasteiger partial charge on any atom is 0.335 e. The van der Waals surface area contributed by atoms with Gasteiger partial charge in [0.1, 0.15) is 0 Å². The first-order valence-electron chi connectivity index (χ1n) is 6.89. The van der Waals surface area contributed by atoms with Crippen molar-refractivity contribution in [3.63, 3.8) is 0 Å². The summed E-state index contributed by atoms with van der Waals surface area (Å²) in [5.41, 5.74) is 1.07. The Labute approximate surface area is 123 Å². The number of carboxylic acid groups (broad SMARTS) is 1. The molecular formula is C15H19NO3S. The topological polar surface area (TPSA) is 66.4 Å². The molecule has 1 aliphatic rings. The van der Waals surface area contributed by atoms with Crippen molar-refractivity contribution >= 4 is 23.6 Å². The van der Waals surface area contributed by atoms with Crippen molar-refractivity contribution in [2.45, 2.75) is 30.9 Å². The van der Waals surface area contributed by atoms with E-state index in [2.05, 4.69) is 5.32 Å². The number of amides is 1. The van der Waals surface area contributed by atoms with Crippen LogP contribution in [0.4, 0.5) is 0 Å². The highest BCUT2D eigenvalue weighted by Crippen LogP contribution is 2.24. The van der Waals surface area contributed by atoms with Gasteiger partial charge in [0.2, 0.25) is 5.91 Å². The van der Waals surface area contributed by atoms with Gasteiger partial charge in [-0.15, -0.1) is 11.8 Å².